The van der Waals surface area contributed by atoms with Crippen LogP contribution >= 0.6 is 0 Å². The van der Waals surface area contributed by atoms with Crippen LogP contribution in [0.5, 0.6) is 0 Å². The molecule has 0 aliphatic carbocycles. The van der Waals surface area contributed by atoms with Gasteiger partial charge in [-0.2, -0.15) is 4.98 Å². The predicted molar refractivity (Wildman–Crippen MR) is 107 cm³/mol. The van der Waals surface area contributed by atoms with Crippen LogP contribution in [-0.2, 0) is 11.2 Å². The lowest BCUT2D eigenvalue weighted by atomic mass is 9.70. The minimum absolute atomic E-state index is 0.227. The molecule has 2 atom stereocenters. The standard InChI is InChI=1S/C21H34N4O2/c1-3-18-14-19(23-20(22-18)24-9-4-5-10-24)25-11-8-21(26,16(2)15-25)17-6-12-27-13-7-17/h14,16-17,26H,3-13,15H2,1-2H3. The highest BCUT2D eigenvalue weighted by molar-refractivity contribution is 5.47. The average molecular weight is 375 g/mol. The lowest BCUT2D eigenvalue weighted by molar-refractivity contribution is -0.108. The second-order valence-electron chi connectivity index (χ2n) is 8.54. The molecule has 0 bridgehead atoms. The Labute approximate surface area is 162 Å². The van der Waals surface area contributed by atoms with Crippen molar-refractivity contribution in [3.8, 4) is 0 Å². The van der Waals surface area contributed by atoms with Crippen LogP contribution < -0.4 is 9.80 Å². The zero-order chi connectivity index (χ0) is 18.9. The zero-order valence-corrected chi connectivity index (χ0v) is 16.9. The van der Waals surface area contributed by atoms with Crippen molar-refractivity contribution in [2.24, 2.45) is 11.8 Å². The molecule has 2 unspecified atom stereocenters. The van der Waals surface area contributed by atoms with Crippen LogP contribution in [0.4, 0.5) is 11.8 Å². The van der Waals surface area contributed by atoms with Crippen molar-refractivity contribution in [3.05, 3.63) is 11.8 Å². The Bertz CT molecular complexity index is 643. The van der Waals surface area contributed by atoms with Gasteiger partial charge in [0.2, 0.25) is 5.95 Å². The summed E-state index contributed by atoms with van der Waals surface area (Å²) in [6.45, 7) is 9.76. The summed E-state index contributed by atoms with van der Waals surface area (Å²) in [6, 6.07) is 2.14. The lowest BCUT2D eigenvalue weighted by Gasteiger charge is -2.49. The van der Waals surface area contributed by atoms with Gasteiger partial charge in [-0.25, -0.2) is 4.98 Å². The topological polar surface area (TPSA) is 61.7 Å². The molecule has 4 rings (SSSR count). The number of piperidine rings is 1. The third-order valence-corrected chi connectivity index (χ3v) is 6.89. The summed E-state index contributed by atoms with van der Waals surface area (Å²) in [5.41, 5.74) is 0.540. The van der Waals surface area contributed by atoms with Crippen molar-refractivity contribution in [3.63, 3.8) is 0 Å². The lowest BCUT2D eigenvalue weighted by Crippen LogP contribution is -2.56. The fraction of sp³-hybridized carbons (Fsp3) is 0.810. The van der Waals surface area contributed by atoms with Crippen molar-refractivity contribution >= 4 is 11.8 Å². The fourth-order valence-electron chi connectivity index (χ4n) is 5.02. The molecule has 3 aliphatic rings. The molecule has 0 amide bonds. The van der Waals surface area contributed by atoms with Gasteiger partial charge in [0.05, 0.1) is 5.60 Å². The van der Waals surface area contributed by atoms with Crippen molar-refractivity contribution in [2.75, 3.05) is 49.2 Å². The zero-order valence-electron chi connectivity index (χ0n) is 16.9. The first-order chi connectivity index (χ1) is 13.1. The van der Waals surface area contributed by atoms with Gasteiger partial charge in [0, 0.05) is 57.1 Å². The molecule has 3 fully saturated rings. The fourth-order valence-corrected chi connectivity index (χ4v) is 5.02. The van der Waals surface area contributed by atoms with E-state index in [4.69, 9.17) is 14.7 Å². The molecule has 0 saturated carbocycles. The largest absolute Gasteiger partial charge is 0.389 e. The summed E-state index contributed by atoms with van der Waals surface area (Å²) in [5, 5.41) is 11.4. The molecule has 1 aromatic heterocycles. The molecule has 6 heteroatoms. The van der Waals surface area contributed by atoms with Crippen molar-refractivity contribution in [1.82, 2.24) is 9.97 Å². The van der Waals surface area contributed by atoms with Gasteiger partial charge in [-0.15, -0.1) is 0 Å². The van der Waals surface area contributed by atoms with Gasteiger partial charge in [0.25, 0.3) is 0 Å². The molecule has 0 radical (unpaired) electrons. The van der Waals surface area contributed by atoms with Gasteiger partial charge in [-0.3, -0.25) is 0 Å². The Hall–Kier alpha value is -1.40. The summed E-state index contributed by atoms with van der Waals surface area (Å²) < 4.78 is 5.51. The number of aromatic nitrogens is 2. The summed E-state index contributed by atoms with van der Waals surface area (Å²) in [6.07, 6.45) is 6.15. The first-order valence-electron chi connectivity index (χ1n) is 10.8. The number of rotatable bonds is 4. The van der Waals surface area contributed by atoms with Crippen LogP contribution in [0.15, 0.2) is 6.07 Å². The summed E-state index contributed by atoms with van der Waals surface area (Å²) in [4.78, 5) is 14.4. The van der Waals surface area contributed by atoms with Gasteiger partial charge >= 0.3 is 0 Å². The molecule has 0 spiro atoms. The second-order valence-corrected chi connectivity index (χ2v) is 8.54. The highest BCUT2D eigenvalue weighted by Gasteiger charge is 2.45. The molecule has 1 N–H and O–H groups in total. The highest BCUT2D eigenvalue weighted by atomic mass is 16.5. The van der Waals surface area contributed by atoms with Crippen LogP contribution in [0.25, 0.3) is 0 Å². The Morgan fingerprint density at radius 2 is 1.89 bits per heavy atom. The molecule has 3 aliphatic heterocycles. The van der Waals surface area contributed by atoms with E-state index in [9.17, 15) is 5.11 Å². The third-order valence-electron chi connectivity index (χ3n) is 6.89. The van der Waals surface area contributed by atoms with E-state index >= 15 is 0 Å². The Morgan fingerprint density at radius 3 is 2.56 bits per heavy atom. The second kappa shape index (κ2) is 7.92. The highest BCUT2D eigenvalue weighted by Crippen LogP contribution is 2.40. The van der Waals surface area contributed by atoms with E-state index in [-0.39, 0.29) is 5.92 Å². The van der Waals surface area contributed by atoms with Crippen molar-refractivity contribution in [2.45, 2.75) is 58.0 Å². The quantitative estimate of drug-likeness (QED) is 0.874. The molecular formula is C21H34N4O2. The molecule has 150 valence electrons. The predicted octanol–water partition coefficient (Wildman–Crippen LogP) is 2.64. The molecule has 27 heavy (non-hydrogen) atoms. The summed E-state index contributed by atoms with van der Waals surface area (Å²) >= 11 is 0. The van der Waals surface area contributed by atoms with Gasteiger partial charge in [0.1, 0.15) is 5.82 Å². The van der Waals surface area contributed by atoms with Gasteiger partial charge in [-0.1, -0.05) is 13.8 Å². The minimum Gasteiger partial charge on any atom is -0.389 e. The number of nitrogens with zero attached hydrogens (tertiary/aromatic N) is 4. The number of hydrogen-bond donors (Lipinski definition) is 1. The maximum absolute atomic E-state index is 11.4. The van der Waals surface area contributed by atoms with Crippen molar-refractivity contribution < 1.29 is 9.84 Å². The Balaban J connectivity index is 1.52. The first kappa shape index (κ1) is 18.9. The van der Waals surface area contributed by atoms with E-state index in [1.807, 2.05) is 0 Å². The van der Waals surface area contributed by atoms with Crippen LogP contribution in [0.1, 0.15) is 51.6 Å². The van der Waals surface area contributed by atoms with E-state index in [0.29, 0.717) is 5.92 Å². The smallest absolute Gasteiger partial charge is 0.227 e. The monoisotopic (exact) mass is 374 g/mol. The van der Waals surface area contributed by atoms with Crippen LogP contribution in [0, 0.1) is 11.8 Å². The number of anilines is 2. The van der Waals surface area contributed by atoms with E-state index in [1.54, 1.807) is 0 Å². The maximum atomic E-state index is 11.4. The van der Waals surface area contributed by atoms with Crippen LogP contribution in [0.3, 0.4) is 0 Å². The van der Waals surface area contributed by atoms with Crippen LogP contribution in [-0.4, -0.2) is 60.1 Å². The molecule has 6 nitrogen and oxygen atoms in total. The SMILES string of the molecule is CCc1cc(N2CCC(O)(C3CCOCC3)C(C)C2)nc(N2CCCC2)n1. The summed E-state index contributed by atoms with van der Waals surface area (Å²) in [5.74, 6) is 2.51. The number of ether oxygens (including phenoxy) is 1. The van der Waals surface area contributed by atoms with E-state index in [1.165, 1.54) is 12.8 Å². The number of aliphatic hydroxyl groups is 1. The first-order valence-corrected chi connectivity index (χ1v) is 10.8. The van der Waals surface area contributed by atoms with E-state index in [0.717, 1.165) is 82.5 Å². The van der Waals surface area contributed by atoms with Crippen molar-refractivity contribution in [1.29, 1.82) is 0 Å². The Morgan fingerprint density at radius 1 is 1.15 bits per heavy atom. The molecule has 1 aromatic rings. The number of hydrogen-bond acceptors (Lipinski definition) is 6. The third kappa shape index (κ3) is 3.79. The van der Waals surface area contributed by atoms with Gasteiger partial charge < -0.3 is 19.6 Å². The normalized spacial score (nSPS) is 30.1. The minimum atomic E-state index is -0.571. The van der Waals surface area contributed by atoms with Crippen LogP contribution in [0.2, 0.25) is 0 Å². The molecule has 3 saturated heterocycles. The molecule has 4 heterocycles. The maximum Gasteiger partial charge on any atom is 0.227 e. The number of aryl methyl sites for hydroxylation is 1. The van der Waals surface area contributed by atoms with Gasteiger partial charge in [0.15, 0.2) is 0 Å². The van der Waals surface area contributed by atoms with E-state index in [2.05, 4.69) is 29.7 Å². The summed E-state index contributed by atoms with van der Waals surface area (Å²) in [7, 11) is 0. The average Bonchev–Trinajstić information content (AvgIpc) is 3.25. The Kier molecular flexibility index (Phi) is 5.55. The molecular weight excluding hydrogens is 340 g/mol. The molecule has 0 aromatic carbocycles. The van der Waals surface area contributed by atoms with Gasteiger partial charge in [-0.05, 0) is 44.4 Å². The van der Waals surface area contributed by atoms with E-state index < -0.39 is 5.60 Å².